The van der Waals surface area contributed by atoms with Gasteiger partial charge in [0.1, 0.15) is 0 Å². The van der Waals surface area contributed by atoms with Gasteiger partial charge in [-0.05, 0) is 18.9 Å². The molecule has 0 amide bonds. The van der Waals surface area contributed by atoms with Crippen molar-refractivity contribution in [1.82, 2.24) is 4.98 Å². The summed E-state index contributed by atoms with van der Waals surface area (Å²) in [6.45, 7) is 1.55. The minimum atomic E-state index is 0.288. The van der Waals surface area contributed by atoms with Crippen LogP contribution in [-0.4, -0.2) is 31.3 Å². The summed E-state index contributed by atoms with van der Waals surface area (Å²) in [5.41, 5.74) is 6.47. The van der Waals surface area contributed by atoms with Gasteiger partial charge < -0.3 is 20.5 Å². The number of hydrogen-bond acceptors (Lipinski definition) is 5. The smallest absolute Gasteiger partial charge is 0.215 e. The summed E-state index contributed by atoms with van der Waals surface area (Å²) in [6, 6.07) is 3.83. The van der Waals surface area contributed by atoms with Gasteiger partial charge in [0.25, 0.3) is 0 Å². The molecule has 2 heterocycles. The molecule has 1 aromatic heterocycles. The lowest BCUT2D eigenvalue weighted by molar-refractivity contribution is 0.0875. The molecule has 0 bridgehead atoms. The molecule has 2 rings (SSSR count). The van der Waals surface area contributed by atoms with E-state index in [-0.39, 0.29) is 6.04 Å². The molecule has 0 spiro atoms. The van der Waals surface area contributed by atoms with Gasteiger partial charge in [-0.25, -0.2) is 0 Å². The van der Waals surface area contributed by atoms with E-state index in [4.69, 9.17) is 15.2 Å². The van der Waals surface area contributed by atoms with Crippen molar-refractivity contribution in [2.75, 3.05) is 31.4 Å². The number of nitrogens with one attached hydrogen (secondary N) is 1. The maximum atomic E-state index is 5.84. The van der Waals surface area contributed by atoms with Crippen LogP contribution in [0.15, 0.2) is 12.1 Å². The molecule has 0 aliphatic carbocycles. The van der Waals surface area contributed by atoms with Gasteiger partial charge in [-0.1, -0.05) is 0 Å². The third kappa shape index (κ3) is 2.55. The van der Waals surface area contributed by atoms with E-state index in [0.717, 1.165) is 19.4 Å². The Morgan fingerprint density at radius 2 is 2.44 bits per heavy atom. The topological polar surface area (TPSA) is 69.4 Å². The molecule has 1 unspecified atom stereocenters. The number of anilines is 2. The standard InChI is InChI=1S/C11H17N3O2/c1-15-10-5-4-9(12)11(14-10)13-8-3-2-6-16-7-8/h4-5,8H,2-3,6-7,12H2,1H3,(H,13,14). The van der Waals surface area contributed by atoms with Crippen LogP contribution in [0.4, 0.5) is 11.5 Å². The average molecular weight is 223 g/mol. The summed E-state index contributed by atoms with van der Waals surface area (Å²) < 4.78 is 10.4. The molecule has 3 N–H and O–H groups in total. The first kappa shape index (κ1) is 11.0. The highest BCUT2D eigenvalue weighted by molar-refractivity contribution is 5.62. The van der Waals surface area contributed by atoms with Gasteiger partial charge in [0.05, 0.1) is 25.4 Å². The lowest BCUT2D eigenvalue weighted by atomic mass is 10.1. The molecule has 88 valence electrons. The zero-order chi connectivity index (χ0) is 11.4. The van der Waals surface area contributed by atoms with E-state index in [2.05, 4.69) is 10.3 Å². The molecule has 0 saturated carbocycles. The van der Waals surface area contributed by atoms with E-state index >= 15 is 0 Å². The molecule has 1 aromatic rings. The molecule has 0 aromatic carbocycles. The first-order valence-corrected chi connectivity index (χ1v) is 5.44. The largest absolute Gasteiger partial charge is 0.481 e. The normalized spacial score (nSPS) is 20.4. The highest BCUT2D eigenvalue weighted by atomic mass is 16.5. The van der Waals surface area contributed by atoms with E-state index in [0.29, 0.717) is 24.0 Å². The molecule has 1 aliphatic heterocycles. The van der Waals surface area contributed by atoms with E-state index in [1.54, 1.807) is 19.2 Å². The van der Waals surface area contributed by atoms with Gasteiger partial charge in [0, 0.05) is 12.7 Å². The van der Waals surface area contributed by atoms with Crippen molar-refractivity contribution in [1.29, 1.82) is 0 Å². The SMILES string of the molecule is COc1ccc(N)c(NC2CCCOC2)n1. The summed E-state index contributed by atoms with van der Waals surface area (Å²) in [6.07, 6.45) is 2.15. The van der Waals surface area contributed by atoms with Crippen molar-refractivity contribution < 1.29 is 9.47 Å². The molecule has 1 atom stereocenters. The number of hydrogen-bond donors (Lipinski definition) is 2. The van der Waals surface area contributed by atoms with Crippen LogP contribution < -0.4 is 15.8 Å². The van der Waals surface area contributed by atoms with Crippen LogP contribution >= 0.6 is 0 Å². The van der Waals surface area contributed by atoms with Gasteiger partial charge in [0.2, 0.25) is 5.88 Å². The quantitative estimate of drug-likeness (QED) is 0.807. The molecule has 0 radical (unpaired) electrons. The fourth-order valence-corrected chi connectivity index (χ4v) is 1.73. The molecular weight excluding hydrogens is 206 g/mol. The van der Waals surface area contributed by atoms with Crippen molar-refractivity contribution in [2.45, 2.75) is 18.9 Å². The predicted molar refractivity (Wildman–Crippen MR) is 62.7 cm³/mol. The Morgan fingerprint density at radius 3 is 3.12 bits per heavy atom. The molecular formula is C11H17N3O2. The van der Waals surface area contributed by atoms with E-state index in [9.17, 15) is 0 Å². The second-order valence-electron chi connectivity index (χ2n) is 3.85. The Morgan fingerprint density at radius 1 is 1.56 bits per heavy atom. The summed E-state index contributed by atoms with van der Waals surface area (Å²) in [5, 5.41) is 3.28. The van der Waals surface area contributed by atoms with Gasteiger partial charge in [0.15, 0.2) is 5.82 Å². The lowest BCUT2D eigenvalue weighted by Gasteiger charge is -2.24. The number of nitrogen functional groups attached to an aromatic ring is 1. The number of nitrogens with two attached hydrogens (primary N) is 1. The van der Waals surface area contributed by atoms with E-state index in [1.165, 1.54) is 0 Å². The summed E-state index contributed by atoms with van der Waals surface area (Å²) in [5.74, 6) is 1.24. The van der Waals surface area contributed by atoms with Crippen LogP contribution in [-0.2, 0) is 4.74 Å². The van der Waals surface area contributed by atoms with Crippen molar-refractivity contribution in [3.63, 3.8) is 0 Å². The van der Waals surface area contributed by atoms with E-state index < -0.39 is 0 Å². The average Bonchev–Trinajstić information content (AvgIpc) is 2.33. The lowest BCUT2D eigenvalue weighted by Crippen LogP contribution is -2.30. The van der Waals surface area contributed by atoms with Crippen molar-refractivity contribution in [2.24, 2.45) is 0 Å². The Balaban J connectivity index is 2.06. The molecule has 5 nitrogen and oxygen atoms in total. The second kappa shape index (κ2) is 5.03. The fraction of sp³-hybridized carbons (Fsp3) is 0.545. The van der Waals surface area contributed by atoms with Gasteiger partial charge in [-0.3, -0.25) is 0 Å². The minimum Gasteiger partial charge on any atom is -0.481 e. The van der Waals surface area contributed by atoms with Crippen molar-refractivity contribution >= 4 is 11.5 Å². The highest BCUT2D eigenvalue weighted by Gasteiger charge is 2.15. The Labute approximate surface area is 95.0 Å². The third-order valence-electron chi connectivity index (χ3n) is 2.61. The first-order chi connectivity index (χ1) is 7.79. The first-order valence-electron chi connectivity index (χ1n) is 5.44. The minimum absolute atomic E-state index is 0.288. The number of nitrogens with zero attached hydrogens (tertiary/aromatic N) is 1. The van der Waals surface area contributed by atoms with Crippen LogP contribution in [0, 0.1) is 0 Å². The highest BCUT2D eigenvalue weighted by Crippen LogP contribution is 2.21. The molecule has 1 saturated heterocycles. The van der Waals surface area contributed by atoms with Crippen LogP contribution in [0.2, 0.25) is 0 Å². The Hall–Kier alpha value is -1.49. The maximum Gasteiger partial charge on any atom is 0.215 e. The number of aromatic nitrogens is 1. The fourth-order valence-electron chi connectivity index (χ4n) is 1.73. The zero-order valence-corrected chi connectivity index (χ0v) is 9.40. The molecule has 5 heteroatoms. The van der Waals surface area contributed by atoms with Crippen LogP contribution in [0.1, 0.15) is 12.8 Å². The number of ether oxygens (including phenoxy) is 2. The zero-order valence-electron chi connectivity index (χ0n) is 9.40. The van der Waals surface area contributed by atoms with Gasteiger partial charge >= 0.3 is 0 Å². The summed E-state index contributed by atoms with van der Waals surface area (Å²) in [7, 11) is 1.59. The van der Waals surface area contributed by atoms with E-state index in [1.807, 2.05) is 0 Å². The molecule has 16 heavy (non-hydrogen) atoms. The van der Waals surface area contributed by atoms with Crippen molar-refractivity contribution in [3.8, 4) is 5.88 Å². The third-order valence-corrected chi connectivity index (χ3v) is 2.61. The summed E-state index contributed by atoms with van der Waals surface area (Å²) >= 11 is 0. The second-order valence-corrected chi connectivity index (χ2v) is 3.85. The number of pyridine rings is 1. The number of rotatable bonds is 3. The van der Waals surface area contributed by atoms with Crippen molar-refractivity contribution in [3.05, 3.63) is 12.1 Å². The van der Waals surface area contributed by atoms with Crippen LogP contribution in [0.3, 0.4) is 0 Å². The molecule has 1 fully saturated rings. The maximum absolute atomic E-state index is 5.84. The Kier molecular flexibility index (Phi) is 3.46. The summed E-state index contributed by atoms with van der Waals surface area (Å²) in [4.78, 5) is 4.27. The van der Waals surface area contributed by atoms with Gasteiger partial charge in [-0.2, -0.15) is 4.98 Å². The van der Waals surface area contributed by atoms with Crippen LogP contribution in [0.5, 0.6) is 5.88 Å². The number of methoxy groups -OCH3 is 1. The monoisotopic (exact) mass is 223 g/mol. The Bertz CT molecular complexity index is 351. The molecule has 1 aliphatic rings. The van der Waals surface area contributed by atoms with Gasteiger partial charge in [-0.15, -0.1) is 0 Å². The predicted octanol–water partition coefficient (Wildman–Crippen LogP) is 1.26. The van der Waals surface area contributed by atoms with Crippen LogP contribution in [0.25, 0.3) is 0 Å².